The number of rotatable bonds is 2. The maximum atomic E-state index is 2.42. The average molecular weight is 190 g/mol. The molecule has 0 bridgehead atoms. The lowest BCUT2D eigenvalue weighted by Gasteiger charge is -2.24. The van der Waals surface area contributed by atoms with Gasteiger partial charge in [-0.3, -0.25) is 9.80 Å². The van der Waals surface area contributed by atoms with Crippen molar-refractivity contribution in [2.24, 2.45) is 0 Å². The Bertz CT molecular complexity index is 274. The van der Waals surface area contributed by atoms with E-state index in [1.165, 1.54) is 18.7 Å². The molecule has 2 nitrogen and oxygen atoms in total. The molecule has 2 heteroatoms. The summed E-state index contributed by atoms with van der Waals surface area (Å²) in [5.74, 6) is 0. The maximum absolute atomic E-state index is 2.42. The Kier molecular flexibility index (Phi) is 2.85. The van der Waals surface area contributed by atoms with Crippen molar-refractivity contribution in [2.75, 3.05) is 27.2 Å². The SMILES string of the molecule is CN1CCN(C)C1Cc1ccccc1. The summed E-state index contributed by atoms with van der Waals surface area (Å²) in [5, 5.41) is 0. The van der Waals surface area contributed by atoms with Crippen molar-refractivity contribution in [2.45, 2.75) is 12.6 Å². The molecule has 0 spiro atoms. The van der Waals surface area contributed by atoms with Gasteiger partial charge in [-0.05, 0) is 19.7 Å². The van der Waals surface area contributed by atoms with Gasteiger partial charge in [-0.2, -0.15) is 0 Å². The van der Waals surface area contributed by atoms with Crippen LogP contribution < -0.4 is 0 Å². The van der Waals surface area contributed by atoms with Crippen LogP contribution >= 0.6 is 0 Å². The van der Waals surface area contributed by atoms with Crippen molar-refractivity contribution in [3.63, 3.8) is 0 Å². The van der Waals surface area contributed by atoms with Gasteiger partial charge in [0.2, 0.25) is 0 Å². The first kappa shape index (κ1) is 9.69. The van der Waals surface area contributed by atoms with Crippen molar-refractivity contribution >= 4 is 0 Å². The highest BCUT2D eigenvalue weighted by atomic mass is 15.4. The standard InChI is InChI=1S/C12H18N2/c1-13-8-9-14(2)12(13)10-11-6-4-3-5-7-11/h3-7,12H,8-10H2,1-2H3. The van der Waals surface area contributed by atoms with Crippen LogP contribution in [0.3, 0.4) is 0 Å². The second-order valence-corrected chi connectivity index (χ2v) is 4.13. The molecule has 1 saturated heterocycles. The minimum Gasteiger partial charge on any atom is -0.289 e. The number of nitrogens with zero attached hydrogens (tertiary/aromatic N) is 2. The molecule has 0 unspecified atom stereocenters. The van der Waals surface area contributed by atoms with Crippen LogP contribution in [-0.2, 0) is 6.42 Å². The number of likely N-dealkylation sites (N-methyl/N-ethyl adjacent to an activating group) is 2. The predicted molar refractivity (Wildman–Crippen MR) is 59.2 cm³/mol. The number of benzene rings is 1. The van der Waals surface area contributed by atoms with E-state index in [9.17, 15) is 0 Å². The van der Waals surface area contributed by atoms with Gasteiger partial charge in [-0.25, -0.2) is 0 Å². The number of hydrogen-bond acceptors (Lipinski definition) is 2. The molecule has 1 aliphatic rings. The summed E-state index contributed by atoms with van der Waals surface area (Å²) < 4.78 is 0. The van der Waals surface area contributed by atoms with E-state index < -0.39 is 0 Å². The third-order valence-corrected chi connectivity index (χ3v) is 3.08. The van der Waals surface area contributed by atoms with Gasteiger partial charge in [0.15, 0.2) is 0 Å². The van der Waals surface area contributed by atoms with Gasteiger partial charge in [0, 0.05) is 19.5 Å². The number of hydrogen-bond donors (Lipinski definition) is 0. The Hall–Kier alpha value is -0.860. The molecule has 0 N–H and O–H groups in total. The molecule has 0 aromatic heterocycles. The van der Waals surface area contributed by atoms with E-state index >= 15 is 0 Å². The molecule has 0 amide bonds. The molecule has 1 aromatic carbocycles. The smallest absolute Gasteiger partial charge is 0.0659 e. The Balaban J connectivity index is 2.04. The van der Waals surface area contributed by atoms with Gasteiger partial charge >= 0.3 is 0 Å². The zero-order valence-corrected chi connectivity index (χ0v) is 8.98. The van der Waals surface area contributed by atoms with Crippen LogP contribution in [0.2, 0.25) is 0 Å². The third kappa shape index (κ3) is 1.97. The average Bonchev–Trinajstić information content (AvgIpc) is 2.51. The van der Waals surface area contributed by atoms with E-state index in [0.717, 1.165) is 6.42 Å². The molecule has 1 fully saturated rings. The normalized spacial score (nSPS) is 20.4. The summed E-state index contributed by atoms with van der Waals surface area (Å²) in [7, 11) is 4.41. The van der Waals surface area contributed by atoms with E-state index in [0.29, 0.717) is 6.17 Å². The van der Waals surface area contributed by atoms with Crippen LogP contribution in [-0.4, -0.2) is 43.2 Å². The molecule has 76 valence electrons. The minimum atomic E-state index is 0.581. The van der Waals surface area contributed by atoms with Gasteiger partial charge in [-0.1, -0.05) is 30.3 Å². The monoisotopic (exact) mass is 190 g/mol. The van der Waals surface area contributed by atoms with Crippen molar-refractivity contribution < 1.29 is 0 Å². The Morgan fingerprint density at radius 1 is 1.07 bits per heavy atom. The van der Waals surface area contributed by atoms with Gasteiger partial charge in [0.25, 0.3) is 0 Å². The zero-order chi connectivity index (χ0) is 9.97. The van der Waals surface area contributed by atoms with Gasteiger partial charge < -0.3 is 0 Å². The van der Waals surface area contributed by atoms with E-state index in [-0.39, 0.29) is 0 Å². The highest BCUT2D eigenvalue weighted by molar-refractivity contribution is 5.16. The Morgan fingerprint density at radius 2 is 1.64 bits per heavy atom. The van der Waals surface area contributed by atoms with Crippen molar-refractivity contribution in [1.82, 2.24) is 9.80 Å². The first-order valence-corrected chi connectivity index (χ1v) is 5.22. The lowest BCUT2D eigenvalue weighted by Crippen LogP contribution is -2.36. The Labute approximate surface area is 86.1 Å². The van der Waals surface area contributed by atoms with Crippen LogP contribution in [0.4, 0.5) is 0 Å². The molecule has 1 aliphatic heterocycles. The van der Waals surface area contributed by atoms with Crippen molar-refractivity contribution in [1.29, 1.82) is 0 Å². The van der Waals surface area contributed by atoms with E-state index in [4.69, 9.17) is 0 Å². The highest BCUT2D eigenvalue weighted by Gasteiger charge is 2.25. The second kappa shape index (κ2) is 4.11. The van der Waals surface area contributed by atoms with Crippen LogP contribution in [0.25, 0.3) is 0 Å². The van der Waals surface area contributed by atoms with E-state index in [1.807, 2.05) is 0 Å². The molecule has 0 saturated carbocycles. The molecule has 1 aromatic rings. The first-order valence-electron chi connectivity index (χ1n) is 5.22. The molecular formula is C12H18N2. The molecule has 0 aliphatic carbocycles. The fourth-order valence-electron chi connectivity index (χ4n) is 2.09. The fourth-order valence-corrected chi connectivity index (χ4v) is 2.09. The Morgan fingerprint density at radius 3 is 2.21 bits per heavy atom. The third-order valence-electron chi connectivity index (χ3n) is 3.08. The topological polar surface area (TPSA) is 6.48 Å². The second-order valence-electron chi connectivity index (χ2n) is 4.13. The van der Waals surface area contributed by atoms with Gasteiger partial charge in [-0.15, -0.1) is 0 Å². The van der Waals surface area contributed by atoms with Crippen molar-refractivity contribution in [3.8, 4) is 0 Å². The fraction of sp³-hybridized carbons (Fsp3) is 0.500. The molecule has 1 heterocycles. The zero-order valence-electron chi connectivity index (χ0n) is 8.98. The highest BCUT2D eigenvalue weighted by Crippen LogP contribution is 2.15. The summed E-state index contributed by atoms with van der Waals surface area (Å²) in [6.07, 6.45) is 1.71. The molecular weight excluding hydrogens is 172 g/mol. The van der Waals surface area contributed by atoms with E-state index in [1.54, 1.807) is 0 Å². The summed E-state index contributed by atoms with van der Waals surface area (Å²) in [6.45, 7) is 2.38. The molecule has 2 rings (SSSR count). The molecule has 0 radical (unpaired) electrons. The lowest BCUT2D eigenvalue weighted by molar-refractivity contribution is 0.187. The summed E-state index contributed by atoms with van der Waals surface area (Å²) in [6, 6.07) is 10.7. The van der Waals surface area contributed by atoms with Crippen LogP contribution in [0.1, 0.15) is 5.56 Å². The van der Waals surface area contributed by atoms with E-state index in [2.05, 4.69) is 54.2 Å². The maximum Gasteiger partial charge on any atom is 0.0659 e. The summed E-state index contributed by atoms with van der Waals surface area (Å²) >= 11 is 0. The van der Waals surface area contributed by atoms with Gasteiger partial charge in [0.05, 0.1) is 6.17 Å². The molecule has 0 atom stereocenters. The first-order chi connectivity index (χ1) is 6.77. The van der Waals surface area contributed by atoms with Crippen molar-refractivity contribution in [3.05, 3.63) is 35.9 Å². The van der Waals surface area contributed by atoms with Gasteiger partial charge in [0.1, 0.15) is 0 Å². The summed E-state index contributed by atoms with van der Waals surface area (Å²) in [5.41, 5.74) is 1.43. The minimum absolute atomic E-state index is 0.581. The summed E-state index contributed by atoms with van der Waals surface area (Å²) in [4.78, 5) is 4.85. The van der Waals surface area contributed by atoms with Crippen LogP contribution in [0, 0.1) is 0 Å². The van der Waals surface area contributed by atoms with Crippen LogP contribution in [0.5, 0.6) is 0 Å². The quantitative estimate of drug-likeness (QED) is 0.696. The lowest BCUT2D eigenvalue weighted by atomic mass is 10.1. The van der Waals surface area contributed by atoms with Crippen LogP contribution in [0.15, 0.2) is 30.3 Å². The largest absolute Gasteiger partial charge is 0.289 e. The predicted octanol–water partition coefficient (Wildman–Crippen LogP) is 1.43. The molecule has 14 heavy (non-hydrogen) atoms.